The molecule has 0 saturated carbocycles. The summed E-state index contributed by atoms with van der Waals surface area (Å²) in [6, 6.07) is 9.34. The van der Waals surface area contributed by atoms with Crippen LogP contribution in [0.1, 0.15) is 24.0 Å². The van der Waals surface area contributed by atoms with Gasteiger partial charge in [-0.05, 0) is 42.0 Å². The summed E-state index contributed by atoms with van der Waals surface area (Å²) in [5.74, 6) is 0.366. The van der Waals surface area contributed by atoms with Crippen LogP contribution in [0.5, 0.6) is 0 Å². The Labute approximate surface area is 170 Å². The summed E-state index contributed by atoms with van der Waals surface area (Å²) in [5, 5.41) is 5.78. The number of nitrogens with zero attached hydrogens (tertiary/aromatic N) is 2. The molecule has 3 heterocycles. The lowest BCUT2D eigenvalue weighted by Gasteiger charge is -2.33. The Morgan fingerprint density at radius 3 is 2.90 bits per heavy atom. The highest BCUT2D eigenvalue weighted by Crippen LogP contribution is 2.33. The van der Waals surface area contributed by atoms with Crippen LogP contribution in [0.15, 0.2) is 48.0 Å². The summed E-state index contributed by atoms with van der Waals surface area (Å²) in [4.78, 5) is 19.3. The van der Waals surface area contributed by atoms with Crippen LogP contribution >= 0.6 is 11.3 Å². The molecule has 3 aromatic rings. The predicted octanol–water partition coefficient (Wildman–Crippen LogP) is 4.85. The zero-order chi connectivity index (χ0) is 20.4. The van der Waals surface area contributed by atoms with Crippen molar-refractivity contribution in [1.82, 2.24) is 10.3 Å². The van der Waals surface area contributed by atoms with E-state index in [9.17, 15) is 18.0 Å². The van der Waals surface area contributed by atoms with E-state index in [-0.39, 0.29) is 23.9 Å². The summed E-state index contributed by atoms with van der Waals surface area (Å²) in [6.45, 7) is 1.18. The van der Waals surface area contributed by atoms with Gasteiger partial charge in [-0.1, -0.05) is 18.2 Å². The van der Waals surface area contributed by atoms with Crippen molar-refractivity contribution in [3.8, 4) is 0 Å². The quantitative estimate of drug-likeness (QED) is 0.658. The number of aromatic nitrogens is 1. The van der Waals surface area contributed by atoms with Crippen molar-refractivity contribution in [3.63, 3.8) is 0 Å². The minimum Gasteiger partial charge on any atom is -0.355 e. The van der Waals surface area contributed by atoms with Gasteiger partial charge in [-0.3, -0.25) is 4.79 Å². The summed E-state index contributed by atoms with van der Waals surface area (Å²) < 4.78 is 40.6. The molecule has 1 fully saturated rings. The Bertz CT molecular complexity index is 1020. The van der Waals surface area contributed by atoms with Gasteiger partial charge >= 0.3 is 6.18 Å². The third kappa shape index (κ3) is 4.22. The van der Waals surface area contributed by atoms with Gasteiger partial charge in [0.05, 0.1) is 11.5 Å². The Morgan fingerprint density at radius 1 is 1.24 bits per heavy atom. The first kappa shape index (κ1) is 19.7. The first-order valence-corrected chi connectivity index (χ1v) is 10.3. The molecule has 1 amide bonds. The first-order chi connectivity index (χ1) is 13.9. The normalized spacial score (nSPS) is 17.5. The Kier molecular flexibility index (Phi) is 5.45. The second-order valence-corrected chi connectivity index (χ2v) is 8.07. The van der Waals surface area contributed by atoms with Gasteiger partial charge in [0, 0.05) is 35.9 Å². The van der Waals surface area contributed by atoms with Crippen LogP contribution < -0.4 is 10.2 Å². The molecule has 1 unspecified atom stereocenters. The molecule has 29 heavy (non-hydrogen) atoms. The molecule has 1 aromatic carbocycles. The number of rotatable bonds is 4. The molecule has 0 spiro atoms. The maximum atomic E-state index is 13.1. The summed E-state index contributed by atoms with van der Waals surface area (Å²) >= 11 is 1.64. The van der Waals surface area contributed by atoms with Crippen LogP contribution in [0.3, 0.4) is 0 Å². The number of fused-ring (bicyclic) bond motifs is 1. The van der Waals surface area contributed by atoms with Gasteiger partial charge in [-0.15, -0.1) is 11.3 Å². The molecule has 4 rings (SSSR count). The van der Waals surface area contributed by atoms with Gasteiger partial charge < -0.3 is 10.2 Å². The van der Waals surface area contributed by atoms with Crippen molar-refractivity contribution in [2.45, 2.75) is 25.6 Å². The molecule has 8 heteroatoms. The third-order valence-corrected chi connectivity index (χ3v) is 6.11. The van der Waals surface area contributed by atoms with E-state index in [1.54, 1.807) is 23.6 Å². The van der Waals surface area contributed by atoms with Crippen molar-refractivity contribution in [1.29, 1.82) is 0 Å². The lowest BCUT2D eigenvalue weighted by Crippen LogP contribution is -2.43. The number of thiophene rings is 1. The number of benzene rings is 1. The largest absolute Gasteiger partial charge is 0.416 e. The summed E-state index contributed by atoms with van der Waals surface area (Å²) in [6.07, 6.45) is -1.12. The fourth-order valence-corrected chi connectivity index (χ4v) is 4.57. The molecule has 1 aliphatic heterocycles. The van der Waals surface area contributed by atoms with Gasteiger partial charge in [0.25, 0.3) is 0 Å². The smallest absolute Gasteiger partial charge is 0.355 e. The fourth-order valence-electron chi connectivity index (χ4n) is 3.79. The van der Waals surface area contributed by atoms with E-state index in [2.05, 4.69) is 15.2 Å². The number of nitrogens with one attached hydrogen (secondary N) is 1. The molecule has 1 saturated heterocycles. The standard InChI is InChI=1S/C21H20F3N3OS/c22-21(23,24)17-6-2-1-4-14(17)12-26-20(28)15-5-3-10-27(13-15)19-16-8-11-29-18(16)7-9-25-19/h1-2,4,6-9,11,15H,3,5,10,12-13H2,(H,26,28). The number of amides is 1. The van der Waals surface area contributed by atoms with E-state index in [0.717, 1.165) is 34.9 Å². The number of halogens is 3. The van der Waals surface area contributed by atoms with E-state index in [1.165, 1.54) is 12.1 Å². The lowest BCUT2D eigenvalue weighted by molar-refractivity contribution is -0.138. The van der Waals surface area contributed by atoms with Crippen LogP contribution in [-0.4, -0.2) is 24.0 Å². The number of anilines is 1. The fraction of sp³-hybridized carbons (Fsp3) is 0.333. The summed E-state index contributed by atoms with van der Waals surface area (Å²) in [7, 11) is 0. The Hall–Kier alpha value is -2.61. The van der Waals surface area contributed by atoms with E-state index in [4.69, 9.17) is 0 Å². The molecule has 1 aliphatic rings. The second-order valence-electron chi connectivity index (χ2n) is 7.12. The van der Waals surface area contributed by atoms with E-state index < -0.39 is 11.7 Å². The molecule has 1 N–H and O–H groups in total. The van der Waals surface area contributed by atoms with Crippen molar-refractivity contribution in [3.05, 3.63) is 59.1 Å². The highest BCUT2D eigenvalue weighted by molar-refractivity contribution is 7.17. The van der Waals surface area contributed by atoms with E-state index in [1.807, 2.05) is 17.5 Å². The van der Waals surface area contributed by atoms with Crippen LogP contribution in [0.4, 0.5) is 19.0 Å². The number of alkyl halides is 3. The van der Waals surface area contributed by atoms with E-state index in [0.29, 0.717) is 13.0 Å². The number of hydrogen-bond acceptors (Lipinski definition) is 4. The molecule has 0 bridgehead atoms. The zero-order valence-corrected chi connectivity index (χ0v) is 16.4. The molecule has 0 radical (unpaired) electrons. The molecule has 0 aliphatic carbocycles. The number of pyridine rings is 1. The van der Waals surface area contributed by atoms with Crippen molar-refractivity contribution < 1.29 is 18.0 Å². The SMILES string of the molecule is O=C(NCc1ccccc1C(F)(F)F)C1CCCN(c2nccc3sccc23)C1. The molecule has 1 atom stereocenters. The van der Waals surface area contributed by atoms with Crippen LogP contribution in [0.25, 0.3) is 10.1 Å². The van der Waals surface area contributed by atoms with Crippen LogP contribution in [0.2, 0.25) is 0 Å². The monoisotopic (exact) mass is 419 g/mol. The molecule has 2 aromatic heterocycles. The molecular formula is C21H20F3N3OS. The highest BCUT2D eigenvalue weighted by Gasteiger charge is 2.33. The average Bonchev–Trinajstić information content (AvgIpc) is 3.20. The highest BCUT2D eigenvalue weighted by atomic mass is 32.1. The van der Waals surface area contributed by atoms with Gasteiger partial charge in [-0.25, -0.2) is 4.98 Å². The molecule has 4 nitrogen and oxygen atoms in total. The molecule has 152 valence electrons. The Morgan fingerprint density at radius 2 is 2.07 bits per heavy atom. The molecular weight excluding hydrogens is 399 g/mol. The van der Waals surface area contributed by atoms with Gasteiger partial charge in [0.1, 0.15) is 5.82 Å². The predicted molar refractivity (Wildman–Crippen MR) is 108 cm³/mol. The van der Waals surface area contributed by atoms with Crippen LogP contribution in [0, 0.1) is 5.92 Å². The van der Waals surface area contributed by atoms with E-state index >= 15 is 0 Å². The number of carbonyl (C=O) groups is 1. The van der Waals surface area contributed by atoms with Gasteiger partial charge in [0.15, 0.2) is 0 Å². The lowest BCUT2D eigenvalue weighted by atomic mass is 9.96. The topological polar surface area (TPSA) is 45.2 Å². The van der Waals surface area contributed by atoms with Gasteiger partial charge in [0.2, 0.25) is 5.91 Å². The second kappa shape index (κ2) is 8.02. The van der Waals surface area contributed by atoms with Crippen molar-refractivity contribution >= 4 is 33.1 Å². The Balaban J connectivity index is 1.44. The minimum absolute atomic E-state index is 0.0747. The third-order valence-electron chi connectivity index (χ3n) is 5.23. The van der Waals surface area contributed by atoms with Crippen LogP contribution in [-0.2, 0) is 17.5 Å². The van der Waals surface area contributed by atoms with Crippen molar-refractivity contribution in [2.24, 2.45) is 5.92 Å². The minimum atomic E-state index is -4.44. The number of piperidine rings is 1. The number of hydrogen-bond donors (Lipinski definition) is 1. The summed E-state index contributed by atoms with van der Waals surface area (Å²) in [5.41, 5.74) is -0.635. The average molecular weight is 419 g/mol. The maximum absolute atomic E-state index is 13.1. The zero-order valence-electron chi connectivity index (χ0n) is 15.6. The maximum Gasteiger partial charge on any atom is 0.416 e. The van der Waals surface area contributed by atoms with Crippen molar-refractivity contribution in [2.75, 3.05) is 18.0 Å². The number of carbonyl (C=O) groups excluding carboxylic acids is 1. The first-order valence-electron chi connectivity index (χ1n) is 9.43. The van der Waals surface area contributed by atoms with Gasteiger partial charge in [-0.2, -0.15) is 13.2 Å².